The van der Waals surface area contributed by atoms with Crippen LogP contribution in [0, 0.1) is 17.1 Å². The van der Waals surface area contributed by atoms with Gasteiger partial charge in [-0.3, -0.25) is 14.5 Å². The fourth-order valence-electron chi connectivity index (χ4n) is 6.51. The predicted octanol–water partition coefficient (Wildman–Crippen LogP) is 4.56. The lowest BCUT2D eigenvalue weighted by Gasteiger charge is -2.42. The average Bonchev–Trinajstić information content (AvgIpc) is 3.48. The van der Waals surface area contributed by atoms with Gasteiger partial charge >= 0.3 is 0 Å². The molecule has 0 radical (unpaired) electrons. The summed E-state index contributed by atoms with van der Waals surface area (Å²) < 4.78 is 23.2. The average molecular weight is 652 g/mol. The van der Waals surface area contributed by atoms with Crippen molar-refractivity contribution in [1.82, 2.24) is 34.4 Å². The van der Waals surface area contributed by atoms with Gasteiger partial charge in [-0.1, -0.05) is 18.2 Å². The summed E-state index contributed by atoms with van der Waals surface area (Å²) in [6.45, 7) is 8.75. The summed E-state index contributed by atoms with van der Waals surface area (Å²) in [5, 5.41) is 15.3. The molecule has 2 N–H and O–H groups in total. The smallest absolute Gasteiger partial charge is 0.264 e. The number of nitriles is 1. The van der Waals surface area contributed by atoms with E-state index in [9.17, 15) is 14.9 Å². The lowest BCUT2D eigenvalue weighted by Crippen LogP contribution is -2.55. The first kappa shape index (κ1) is 32.6. The molecule has 48 heavy (non-hydrogen) atoms. The Morgan fingerprint density at radius 2 is 1.79 bits per heavy atom. The highest BCUT2D eigenvalue weighted by Gasteiger charge is 2.34. The molecule has 13 heteroatoms. The van der Waals surface area contributed by atoms with Crippen LogP contribution >= 0.6 is 0 Å². The molecule has 0 bridgehead atoms. The molecule has 2 amide bonds. The van der Waals surface area contributed by atoms with Crippen molar-refractivity contribution in [1.29, 1.82) is 5.26 Å². The van der Waals surface area contributed by atoms with Gasteiger partial charge < -0.3 is 20.3 Å². The standard InChI is InChI=1S/C35H38FN9O3/c1-23(46)42-14-16-44(17-15-42)35(2,3)19-24(20-37)34(47)43-13-7-8-25(21-43)45-33-30(32(38)39-22-40-33)31(41-45)28-12-11-27(18-29(28)36)48-26-9-5-4-6-10-26/h4-6,9-12,18-19,22,25H,7-8,13-17,21H2,1-3H3,(H2,38,39,40)/b24-19-/t25-/m0/s1. The number of hydrogen-bond donors (Lipinski definition) is 1. The first-order chi connectivity index (χ1) is 23.1. The highest BCUT2D eigenvalue weighted by molar-refractivity contribution is 5.99. The van der Waals surface area contributed by atoms with Crippen LogP contribution in [0.5, 0.6) is 11.5 Å². The molecule has 4 aromatic rings. The summed E-state index contributed by atoms with van der Waals surface area (Å²) in [6.07, 6.45) is 4.43. The van der Waals surface area contributed by atoms with Crippen LogP contribution < -0.4 is 10.5 Å². The van der Waals surface area contributed by atoms with Gasteiger partial charge in [-0.15, -0.1) is 0 Å². The molecule has 4 heterocycles. The van der Waals surface area contributed by atoms with Gasteiger partial charge in [0.25, 0.3) is 5.91 Å². The highest BCUT2D eigenvalue weighted by Crippen LogP contribution is 2.36. The summed E-state index contributed by atoms with van der Waals surface area (Å²) in [7, 11) is 0. The first-order valence-corrected chi connectivity index (χ1v) is 16.0. The molecular weight excluding hydrogens is 613 g/mol. The van der Waals surface area contributed by atoms with E-state index in [1.807, 2.05) is 32.0 Å². The molecule has 0 aliphatic carbocycles. The number of carbonyl (C=O) groups excluding carboxylic acids is 2. The van der Waals surface area contributed by atoms with Gasteiger partial charge in [0.2, 0.25) is 5.91 Å². The van der Waals surface area contributed by atoms with Gasteiger partial charge in [0.15, 0.2) is 5.65 Å². The van der Waals surface area contributed by atoms with E-state index in [1.165, 1.54) is 12.4 Å². The van der Waals surface area contributed by atoms with Gasteiger partial charge in [0.05, 0.1) is 11.4 Å². The number of nitrogens with zero attached hydrogens (tertiary/aromatic N) is 8. The quantitative estimate of drug-likeness (QED) is 0.224. The zero-order chi connectivity index (χ0) is 34.0. The number of rotatable bonds is 7. The minimum Gasteiger partial charge on any atom is -0.457 e. The van der Waals surface area contributed by atoms with E-state index in [0.717, 1.165) is 0 Å². The Balaban J connectivity index is 1.25. The van der Waals surface area contributed by atoms with Crippen molar-refractivity contribution in [3.05, 3.63) is 72.3 Å². The molecule has 2 aromatic carbocycles. The van der Waals surface area contributed by atoms with Crippen molar-refractivity contribution in [3.8, 4) is 28.8 Å². The van der Waals surface area contributed by atoms with Crippen LogP contribution in [0.4, 0.5) is 10.2 Å². The molecule has 1 atom stereocenters. The van der Waals surface area contributed by atoms with Crippen molar-refractivity contribution in [2.45, 2.75) is 45.2 Å². The molecule has 2 fully saturated rings. The number of piperidine rings is 1. The molecule has 0 saturated carbocycles. The molecule has 2 aromatic heterocycles. The Morgan fingerprint density at radius 3 is 2.48 bits per heavy atom. The summed E-state index contributed by atoms with van der Waals surface area (Å²) in [5.74, 6) is 0.211. The largest absolute Gasteiger partial charge is 0.457 e. The van der Waals surface area contributed by atoms with Gasteiger partial charge in [-0.05, 0) is 57.0 Å². The van der Waals surface area contributed by atoms with Crippen LogP contribution in [0.15, 0.2) is 66.5 Å². The molecule has 0 unspecified atom stereocenters. The van der Waals surface area contributed by atoms with Crippen LogP contribution in [-0.2, 0) is 9.59 Å². The van der Waals surface area contributed by atoms with Gasteiger partial charge in [0.1, 0.15) is 46.8 Å². The Kier molecular flexibility index (Phi) is 9.10. The minimum atomic E-state index is -0.577. The first-order valence-electron chi connectivity index (χ1n) is 16.0. The molecule has 248 valence electrons. The Hall–Kier alpha value is -5.35. The second-order valence-corrected chi connectivity index (χ2v) is 12.7. The highest BCUT2D eigenvalue weighted by atomic mass is 19.1. The number of nitrogens with two attached hydrogens (primary N) is 1. The number of amides is 2. The minimum absolute atomic E-state index is 0.0400. The van der Waals surface area contributed by atoms with Gasteiger partial charge in [-0.2, -0.15) is 10.4 Å². The fraction of sp³-hybridized carbons (Fsp3) is 0.371. The third kappa shape index (κ3) is 6.57. The topological polar surface area (TPSA) is 146 Å². The third-order valence-electron chi connectivity index (χ3n) is 9.11. The molecule has 2 aliphatic rings. The number of hydrogen-bond acceptors (Lipinski definition) is 9. The molecular formula is C35H38FN9O3. The Bertz CT molecular complexity index is 1910. The zero-order valence-electron chi connectivity index (χ0n) is 27.3. The van der Waals surface area contributed by atoms with E-state index in [-0.39, 0.29) is 41.4 Å². The number of nitrogen functional groups attached to an aromatic ring is 1. The van der Waals surface area contributed by atoms with E-state index in [4.69, 9.17) is 15.6 Å². The summed E-state index contributed by atoms with van der Waals surface area (Å²) in [4.78, 5) is 39.8. The van der Waals surface area contributed by atoms with E-state index in [0.29, 0.717) is 73.8 Å². The number of fused-ring (bicyclic) bond motifs is 1. The van der Waals surface area contributed by atoms with Gasteiger partial charge in [0, 0.05) is 63.4 Å². The monoisotopic (exact) mass is 651 g/mol. The maximum Gasteiger partial charge on any atom is 0.264 e. The molecule has 2 saturated heterocycles. The van der Waals surface area contributed by atoms with Crippen LogP contribution in [-0.4, -0.2) is 91.1 Å². The van der Waals surface area contributed by atoms with Crippen molar-refractivity contribution < 1.29 is 18.7 Å². The van der Waals surface area contributed by atoms with Crippen LogP contribution in [0.2, 0.25) is 0 Å². The summed E-state index contributed by atoms with van der Waals surface area (Å²) in [6, 6.07) is 15.5. The number of halogens is 1. The summed E-state index contributed by atoms with van der Waals surface area (Å²) >= 11 is 0. The number of carbonyl (C=O) groups is 2. The number of benzene rings is 2. The normalized spacial score (nSPS) is 17.7. The number of ether oxygens (including phenoxy) is 1. The summed E-state index contributed by atoms with van der Waals surface area (Å²) in [5.41, 5.74) is 6.73. The van der Waals surface area contributed by atoms with Crippen molar-refractivity contribution >= 4 is 28.7 Å². The van der Waals surface area contributed by atoms with Crippen molar-refractivity contribution in [2.24, 2.45) is 0 Å². The third-order valence-corrected chi connectivity index (χ3v) is 9.11. The Labute approximate surface area is 278 Å². The van der Waals surface area contributed by atoms with Gasteiger partial charge in [-0.25, -0.2) is 19.0 Å². The van der Waals surface area contributed by atoms with Crippen LogP contribution in [0.25, 0.3) is 22.3 Å². The van der Waals surface area contributed by atoms with Crippen LogP contribution in [0.3, 0.4) is 0 Å². The van der Waals surface area contributed by atoms with Crippen LogP contribution in [0.1, 0.15) is 39.7 Å². The number of anilines is 1. The zero-order valence-corrected chi connectivity index (χ0v) is 27.3. The Morgan fingerprint density at radius 1 is 1.04 bits per heavy atom. The van der Waals surface area contributed by atoms with E-state index >= 15 is 4.39 Å². The predicted molar refractivity (Wildman–Crippen MR) is 178 cm³/mol. The fourth-order valence-corrected chi connectivity index (χ4v) is 6.51. The maximum atomic E-state index is 15.6. The molecule has 2 aliphatic heterocycles. The second kappa shape index (κ2) is 13.4. The number of piperazine rings is 1. The SMILES string of the molecule is CC(=O)N1CCN(C(C)(C)/C=C(/C#N)C(=O)N2CCC[C@H](n3nc(-c4ccc(Oc5ccccc5)cc4F)c4c(N)ncnc43)C2)CC1. The van der Waals surface area contributed by atoms with Crippen molar-refractivity contribution in [3.63, 3.8) is 0 Å². The number of likely N-dealkylation sites (tertiary alicyclic amines) is 1. The molecule has 0 spiro atoms. The van der Waals surface area contributed by atoms with E-state index in [1.54, 1.807) is 51.7 Å². The molecule has 12 nitrogen and oxygen atoms in total. The number of aromatic nitrogens is 4. The van der Waals surface area contributed by atoms with E-state index in [2.05, 4.69) is 20.9 Å². The lowest BCUT2D eigenvalue weighted by molar-refractivity contribution is -0.131. The number of para-hydroxylation sites is 1. The van der Waals surface area contributed by atoms with E-state index < -0.39 is 11.4 Å². The second-order valence-electron chi connectivity index (χ2n) is 12.7. The molecule has 6 rings (SSSR count). The maximum absolute atomic E-state index is 15.6. The lowest BCUT2D eigenvalue weighted by atomic mass is 9.96. The van der Waals surface area contributed by atoms with Crippen molar-refractivity contribution in [2.75, 3.05) is 45.0 Å².